The number of anilines is 1. The molecule has 3 aromatic rings. The fourth-order valence-electron chi connectivity index (χ4n) is 3.72. The standard InChI is InChI=1S/C22H22N4O7S/c1-4-32-21(29)17-15-9-10-25(12(2)27)11-16(15)34-20(17)23-19(28)18-22(30)33-24-26(18)13-5-7-14(31-3)8-6-13/h5-8H,4,9-11H2,1-3H3,(H-,23,24,28,29,30)/p+1. The summed E-state index contributed by atoms with van der Waals surface area (Å²) >= 11 is 1.18. The number of aromatic nitrogens is 2. The van der Waals surface area contributed by atoms with E-state index in [9.17, 15) is 19.2 Å². The predicted octanol–water partition coefficient (Wildman–Crippen LogP) is 1.65. The first-order valence-electron chi connectivity index (χ1n) is 10.5. The number of rotatable bonds is 6. The molecule has 2 amide bonds. The zero-order valence-electron chi connectivity index (χ0n) is 18.8. The van der Waals surface area contributed by atoms with E-state index in [1.807, 2.05) is 0 Å². The van der Waals surface area contributed by atoms with Crippen LogP contribution in [0.15, 0.2) is 33.6 Å². The second kappa shape index (κ2) is 9.51. The maximum Gasteiger partial charge on any atom is 0.441 e. The Morgan fingerprint density at radius 3 is 2.65 bits per heavy atom. The summed E-state index contributed by atoms with van der Waals surface area (Å²) in [4.78, 5) is 52.6. The van der Waals surface area contributed by atoms with E-state index in [1.54, 1.807) is 36.1 Å². The summed E-state index contributed by atoms with van der Waals surface area (Å²) in [6, 6.07) is 6.63. The molecule has 1 aliphatic rings. The van der Waals surface area contributed by atoms with Crippen molar-refractivity contribution in [3.63, 3.8) is 0 Å². The number of carbonyl (C=O) groups is 3. The van der Waals surface area contributed by atoms with Crippen molar-refractivity contribution in [2.75, 3.05) is 25.6 Å². The molecule has 4 rings (SSSR count). The number of methoxy groups -OCH3 is 1. The van der Waals surface area contributed by atoms with Gasteiger partial charge in [-0.3, -0.25) is 14.1 Å². The molecule has 0 atom stereocenters. The lowest BCUT2D eigenvalue weighted by molar-refractivity contribution is -0.672. The Morgan fingerprint density at radius 2 is 2.00 bits per heavy atom. The van der Waals surface area contributed by atoms with Crippen LogP contribution < -0.4 is 20.4 Å². The van der Waals surface area contributed by atoms with Crippen LogP contribution in [0.3, 0.4) is 0 Å². The Morgan fingerprint density at radius 1 is 1.26 bits per heavy atom. The highest BCUT2D eigenvalue weighted by Gasteiger charge is 2.35. The second-order valence-corrected chi connectivity index (χ2v) is 8.54. The average molecular weight is 488 g/mol. The molecular weight excluding hydrogens is 464 g/mol. The molecule has 34 heavy (non-hydrogen) atoms. The highest BCUT2D eigenvalue weighted by Crippen LogP contribution is 2.37. The zero-order chi connectivity index (χ0) is 24.4. The smallest absolute Gasteiger partial charge is 0.441 e. The number of thiophene rings is 1. The van der Waals surface area contributed by atoms with Gasteiger partial charge in [-0.2, -0.15) is 0 Å². The third kappa shape index (κ3) is 4.31. The monoisotopic (exact) mass is 487 g/mol. The first-order chi connectivity index (χ1) is 16.3. The van der Waals surface area contributed by atoms with Crippen LogP contribution in [0.25, 0.3) is 5.69 Å². The van der Waals surface area contributed by atoms with Gasteiger partial charge in [0.1, 0.15) is 10.8 Å². The number of H-pyrrole nitrogens is 1. The minimum Gasteiger partial charge on any atom is -0.497 e. The molecule has 178 valence electrons. The van der Waals surface area contributed by atoms with Gasteiger partial charge < -0.3 is 19.7 Å². The van der Waals surface area contributed by atoms with Gasteiger partial charge in [-0.15, -0.1) is 11.3 Å². The van der Waals surface area contributed by atoms with Crippen LogP contribution >= 0.6 is 11.3 Å². The summed E-state index contributed by atoms with van der Waals surface area (Å²) in [6.45, 7) is 4.12. The number of amides is 2. The highest BCUT2D eigenvalue weighted by atomic mass is 32.1. The minimum atomic E-state index is -0.880. The Kier molecular flexibility index (Phi) is 6.50. The lowest BCUT2D eigenvalue weighted by Crippen LogP contribution is -2.42. The van der Waals surface area contributed by atoms with Gasteiger partial charge in [0.05, 0.1) is 25.8 Å². The fraction of sp³-hybridized carbons (Fsp3) is 0.318. The number of fused-ring (bicyclic) bond motifs is 1. The summed E-state index contributed by atoms with van der Waals surface area (Å²) in [5, 5.41) is 5.34. The number of benzene rings is 1. The molecule has 3 heterocycles. The van der Waals surface area contributed by atoms with E-state index in [0.717, 1.165) is 10.4 Å². The molecule has 0 saturated heterocycles. The van der Waals surface area contributed by atoms with Crippen LogP contribution in [0.4, 0.5) is 5.00 Å². The van der Waals surface area contributed by atoms with Crippen LogP contribution in [-0.2, 0) is 22.5 Å². The van der Waals surface area contributed by atoms with E-state index in [1.165, 1.54) is 30.1 Å². The van der Waals surface area contributed by atoms with E-state index >= 15 is 0 Å². The molecule has 1 aromatic carbocycles. The molecule has 2 N–H and O–H groups in total. The molecule has 0 aliphatic carbocycles. The molecule has 1 aliphatic heterocycles. The first kappa shape index (κ1) is 23.2. The van der Waals surface area contributed by atoms with Crippen molar-refractivity contribution >= 4 is 34.1 Å². The van der Waals surface area contributed by atoms with Crippen LogP contribution in [0.1, 0.15) is 45.1 Å². The van der Waals surface area contributed by atoms with Gasteiger partial charge in [0, 0.05) is 30.5 Å². The number of nitrogens with zero attached hydrogens (tertiary/aromatic N) is 2. The SMILES string of the molecule is CCOC(=O)c1c(NC(=O)c2c(=O)o[nH][n+]2-c2ccc(OC)cc2)sc2c1CCN(C(C)=O)C2. The van der Waals surface area contributed by atoms with Gasteiger partial charge in [0.15, 0.2) is 0 Å². The number of hydrogen-bond acceptors (Lipinski definition) is 8. The van der Waals surface area contributed by atoms with Crippen LogP contribution in [0.5, 0.6) is 5.75 Å². The normalized spacial score (nSPS) is 12.7. The van der Waals surface area contributed by atoms with Crippen molar-refractivity contribution in [2.45, 2.75) is 26.8 Å². The molecule has 0 spiro atoms. The molecule has 0 bridgehead atoms. The molecule has 2 aromatic heterocycles. The van der Waals surface area contributed by atoms with Gasteiger partial charge in [-0.05, 0) is 41.0 Å². The Hall–Kier alpha value is -3.93. The fourth-order valence-corrected chi connectivity index (χ4v) is 4.97. The number of esters is 1. The number of ether oxygens (including phenoxy) is 2. The first-order valence-corrected chi connectivity index (χ1v) is 11.3. The summed E-state index contributed by atoms with van der Waals surface area (Å²) < 4.78 is 16.4. The van der Waals surface area contributed by atoms with Crippen molar-refractivity contribution in [3.05, 3.63) is 56.4 Å². The van der Waals surface area contributed by atoms with Crippen LogP contribution in [0.2, 0.25) is 0 Å². The number of aromatic amines is 1. The number of nitrogens with one attached hydrogen (secondary N) is 2. The molecule has 0 unspecified atom stereocenters. The lowest BCUT2D eigenvalue weighted by Gasteiger charge is -2.25. The molecule has 12 heteroatoms. The van der Waals surface area contributed by atoms with Crippen molar-refractivity contribution in [1.29, 1.82) is 0 Å². The van der Waals surface area contributed by atoms with Crippen molar-refractivity contribution in [1.82, 2.24) is 10.2 Å². The number of hydrogen-bond donors (Lipinski definition) is 2. The maximum atomic E-state index is 13.2. The van der Waals surface area contributed by atoms with E-state index in [2.05, 4.69) is 10.6 Å². The van der Waals surface area contributed by atoms with Gasteiger partial charge in [0.2, 0.25) is 11.6 Å². The summed E-state index contributed by atoms with van der Waals surface area (Å²) in [7, 11) is 1.53. The second-order valence-electron chi connectivity index (χ2n) is 7.44. The van der Waals surface area contributed by atoms with Crippen molar-refractivity contribution in [2.24, 2.45) is 0 Å². The summed E-state index contributed by atoms with van der Waals surface area (Å²) in [5.74, 6) is -0.814. The molecule has 0 radical (unpaired) electrons. The van der Waals surface area contributed by atoms with Gasteiger partial charge >= 0.3 is 23.2 Å². The van der Waals surface area contributed by atoms with Crippen LogP contribution in [-0.4, -0.2) is 48.2 Å². The predicted molar refractivity (Wildman–Crippen MR) is 120 cm³/mol. The van der Waals surface area contributed by atoms with E-state index in [0.29, 0.717) is 30.9 Å². The Bertz CT molecular complexity index is 1310. The maximum absolute atomic E-state index is 13.2. The molecule has 0 fully saturated rings. The number of carbonyl (C=O) groups excluding carboxylic acids is 3. The Balaban J connectivity index is 1.70. The minimum absolute atomic E-state index is 0.0761. The van der Waals surface area contributed by atoms with Crippen LogP contribution in [0, 0.1) is 0 Å². The quantitative estimate of drug-likeness (QED) is 0.399. The zero-order valence-corrected chi connectivity index (χ0v) is 19.6. The van der Waals surface area contributed by atoms with E-state index < -0.39 is 17.5 Å². The van der Waals surface area contributed by atoms with Crippen molar-refractivity contribution < 1.29 is 33.1 Å². The van der Waals surface area contributed by atoms with Gasteiger partial charge in [-0.1, -0.05) is 0 Å². The van der Waals surface area contributed by atoms with E-state index in [4.69, 9.17) is 14.0 Å². The topological polar surface area (TPSA) is 135 Å². The highest BCUT2D eigenvalue weighted by molar-refractivity contribution is 7.17. The summed E-state index contributed by atoms with van der Waals surface area (Å²) in [5.41, 5.74) is 0.256. The Labute approximate surface area is 197 Å². The lowest BCUT2D eigenvalue weighted by atomic mass is 10.0. The van der Waals surface area contributed by atoms with Gasteiger partial charge in [0.25, 0.3) is 0 Å². The third-order valence-corrected chi connectivity index (χ3v) is 6.53. The summed E-state index contributed by atoms with van der Waals surface area (Å²) in [6.07, 6.45) is 0.452. The molecule has 0 saturated carbocycles. The average Bonchev–Trinajstić information content (AvgIpc) is 3.38. The van der Waals surface area contributed by atoms with Gasteiger partial charge in [-0.25, -0.2) is 9.59 Å². The molecular formula is C22H23N4O7S+. The van der Waals surface area contributed by atoms with E-state index in [-0.39, 0.29) is 28.8 Å². The third-order valence-electron chi connectivity index (χ3n) is 5.40. The van der Waals surface area contributed by atoms with Crippen molar-refractivity contribution in [3.8, 4) is 11.4 Å². The largest absolute Gasteiger partial charge is 0.497 e. The molecule has 11 nitrogen and oxygen atoms in total.